The third-order valence-corrected chi connectivity index (χ3v) is 4.21. The summed E-state index contributed by atoms with van der Waals surface area (Å²) >= 11 is 3.37. The molecule has 0 aliphatic rings. The fourth-order valence-electron chi connectivity index (χ4n) is 2.49. The lowest BCUT2D eigenvalue weighted by molar-refractivity contribution is -0.144. The number of rotatable bonds is 8. The van der Waals surface area contributed by atoms with Gasteiger partial charge in [-0.25, -0.2) is 4.79 Å². The SMILES string of the molecule is CCC[C@H](NC(=O)COC(=O)/C=C/c1cccc(Br)c1)c1ccccc1. The molecule has 0 aliphatic carbocycles. The van der Waals surface area contributed by atoms with E-state index in [4.69, 9.17) is 4.74 Å². The molecule has 0 bridgehead atoms. The van der Waals surface area contributed by atoms with Gasteiger partial charge in [0, 0.05) is 10.5 Å². The summed E-state index contributed by atoms with van der Waals surface area (Å²) in [6.45, 7) is 1.77. The van der Waals surface area contributed by atoms with E-state index in [1.165, 1.54) is 6.08 Å². The van der Waals surface area contributed by atoms with Gasteiger partial charge in [-0.3, -0.25) is 4.79 Å². The molecule has 0 radical (unpaired) electrons. The van der Waals surface area contributed by atoms with Crippen molar-refractivity contribution in [3.05, 3.63) is 76.3 Å². The number of amides is 1. The van der Waals surface area contributed by atoms with E-state index in [2.05, 4.69) is 28.2 Å². The fraction of sp³-hybridized carbons (Fsp3) is 0.238. The van der Waals surface area contributed by atoms with E-state index < -0.39 is 5.97 Å². The quantitative estimate of drug-likeness (QED) is 0.503. The molecule has 0 aromatic heterocycles. The Labute approximate surface area is 162 Å². The topological polar surface area (TPSA) is 55.4 Å². The van der Waals surface area contributed by atoms with Gasteiger partial charge in [0.2, 0.25) is 0 Å². The molecule has 1 amide bonds. The van der Waals surface area contributed by atoms with Gasteiger partial charge in [0.25, 0.3) is 5.91 Å². The number of ether oxygens (including phenoxy) is 1. The molecule has 1 atom stereocenters. The standard InChI is InChI=1S/C21H22BrNO3/c1-2-7-19(17-9-4-3-5-10-17)23-20(24)15-26-21(25)13-12-16-8-6-11-18(22)14-16/h3-6,8-14,19H,2,7,15H2,1H3,(H,23,24)/b13-12+/t19-/m0/s1. The van der Waals surface area contributed by atoms with Crippen LogP contribution in [0.1, 0.15) is 36.9 Å². The molecule has 136 valence electrons. The van der Waals surface area contributed by atoms with Crippen LogP contribution in [0.5, 0.6) is 0 Å². The summed E-state index contributed by atoms with van der Waals surface area (Å²) in [6.07, 6.45) is 4.73. The van der Waals surface area contributed by atoms with Crippen LogP contribution in [0.25, 0.3) is 6.08 Å². The zero-order valence-electron chi connectivity index (χ0n) is 14.7. The van der Waals surface area contributed by atoms with Gasteiger partial charge in [-0.05, 0) is 35.8 Å². The molecule has 26 heavy (non-hydrogen) atoms. The second kappa shape index (κ2) is 10.6. The molecule has 1 N–H and O–H groups in total. The number of carbonyl (C=O) groups is 2. The van der Waals surface area contributed by atoms with Gasteiger partial charge in [0.1, 0.15) is 0 Å². The molecule has 2 aromatic carbocycles. The Balaban J connectivity index is 1.84. The number of hydrogen-bond acceptors (Lipinski definition) is 3. The predicted octanol–water partition coefficient (Wildman–Crippen LogP) is 4.66. The average molecular weight is 416 g/mol. The molecule has 5 heteroatoms. The van der Waals surface area contributed by atoms with E-state index in [1.807, 2.05) is 54.6 Å². The van der Waals surface area contributed by atoms with Gasteiger partial charge in [-0.15, -0.1) is 0 Å². The second-order valence-corrected chi connectivity index (χ2v) is 6.73. The van der Waals surface area contributed by atoms with Crippen molar-refractivity contribution < 1.29 is 14.3 Å². The summed E-state index contributed by atoms with van der Waals surface area (Å²) in [6, 6.07) is 17.2. The molecule has 4 nitrogen and oxygen atoms in total. The Bertz CT molecular complexity index is 759. The molecule has 0 aliphatic heterocycles. The van der Waals surface area contributed by atoms with Crippen LogP contribution in [-0.2, 0) is 14.3 Å². The minimum Gasteiger partial charge on any atom is -0.452 e. The average Bonchev–Trinajstić information content (AvgIpc) is 2.65. The molecule has 0 spiro atoms. The van der Waals surface area contributed by atoms with Crippen molar-refractivity contribution in [3.63, 3.8) is 0 Å². The van der Waals surface area contributed by atoms with E-state index in [0.29, 0.717) is 0 Å². The first kappa shape index (κ1) is 19.9. The van der Waals surface area contributed by atoms with Crippen LogP contribution >= 0.6 is 15.9 Å². The highest BCUT2D eigenvalue weighted by Gasteiger charge is 2.14. The highest BCUT2D eigenvalue weighted by Crippen LogP contribution is 2.18. The lowest BCUT2D eigenvalue weighted by Gasteiger charge is -2.18. The highest BCUT2D eigenvalue weighted by molar-refractivity contribution is 9.10. The molecular formula is C21H22BrNO3. The van der Waals surface area contributed by atoms with Gasteiger partial charge >= 0.3 is 5.97 Å². The minimum atomic E-state index is -0.549. The van der Waals surface area contributed by atoms with E-state index in [0.717, 1.165) is 28.4 Å². The van der Waals surface area contributed by atoms with Crippen LogP contribution in [-0.4, -0.2) is 18.5 Å². The van der Waals surface area contributed by atoms with Crippen LogP contribution < -0.4 is 5.32 Å². The van der Waals surface area contributed by atoms with Crippen LogP contribution in [0.3, 0.4) is 0 Å². The summed E-state index contributed by atoms with van der Waals surface area (Å²) in [7, 11) is 0. The molecule has 0 saturated carbocycles. The van der Waals surface area contributed by atoms with Crippen molar-refractivity contribution in [2.75, 3.05) is 6.61 Å². The summed E-state index contributed by atoms with van der Waals surface area (Å²) in [4.78, 5) is 23.9. The number of carbonyl (C=O) groups excluding carboxylic acids is 2. The number of halogens is 1. The van der Waals surface area contributed by atoms with Crippen molar-refractivity contribution in [2.24, 2.45) is 0 Å². The van der Waals surface area contributed by atoms with Gasteiger partial charge in [0.15, 0.2) is 6.61 Å². The number of benzene rings is 2. The van der Waals surface area contributed by atoms with E-state index in [9.17, 15) is 9.59 Å². The molecular weight excluding hydrogens is 394 g/mol. The molecule has 2 rings (SSSR count). The Morgan fingerprint density at radius 3 is 2.62 bits per heavy atom. The van der Waals surface area contributed by atoms with Gasteiger partial charge in [-0.1, -0.05) is 71.7 Å². The fourth-order valence-corrected chi connectivity index (χ4v) is 2.91. The van der Waals surface area contributed by atoms with Crippen LogP contribution in [0.2, 0.25) is 0 Å². The van der Waals surface area contributed by atoms with Crippen LogP contribution in [0, 0.1) is 0 Å². The lowest BCUT2D eigenvalue weighted by atomic mass is 10.0. The van der Waals surface area contributed by atoms with Crippen molar-refractivity contribution >= 4 is 33.9 Å². The lowest BCUT2D eigenvalue weighted by Crippen LogP contribution is -2.32. The third kappa shape index (κ3) is 6.84. The van der Waals surface area contributed by atoms with Gasteiger partial charge < -0.3 is 10.1 Å². The largest absolute Gasteiger partial charge is 0.452 e. The molecule has 0 saturated heterocycles. The molecule has 0 unspecified atom stereocenters. The Kier molecular flexibility index (Phi) is 8.09. The summed E-state index contributed by atoms with van der Waals surface area (Å²) in [5, 5.41) is 2.92. The van der Waals surface area contributed by atoms with Gasteiger partial charge in [0.05, 0.1) is 6.04 Å². The summed E-state index contributed by atoms with van der Waals surface area (Å²) in [5.41, 5.74) is 1.91. The zero-order valence-corrected chi connectivity index (χ0v) is 16.2. The maximum Gasteiger partial charge on any atom is 0.331 e. The maximum absolute atomic E-state index is 12.1. The van der Waals surface area contributed by atoms with Crippen molar-refractivity contribution in [3.8, 4) is 0 Å². The number of hydrogen-bond donors (Lipinski definition) is 1. The minimum absolute atomic E-state index is 0.0791. The Morgan fingerprint density at radius 1 is 1.15 bits per heavy atom. The summed E-state index contributed by atoms with van der Waals surface area (Å²) < 4.78 is 5.95. The predicted molar refractivity (Wildman–Crippen MR) is 106 cm³/mol. The van der Waals surface area contributed by atoms with Crippen molar-refractivity contribution in [1.82, 2.24) is 5.32 Å². The smallest absolute Gasteiger partial charge is 0.331 e. The first-order valence-corrected chi connectivity index (χ1v) is 9.32. The maximum atomic E-state index is 12.1. The van der Waals surface area contributed by atoms with Crippen LogP contribution in [0.4, 0.5) is 0 Å². The van der Waals surface area contributed by atoms with Crippen molar-refractivity contribution in [2.45, 2.75) is 25.8 Å². The second-order valence-electron chi connectivity index (χ2n) is 5.82. The molecule has 2 aromatic rings. The number of esters is 1. The molecule has 0 heterocycles. The third-order valence-electron chi connectivity index (χ3n) is 3.72. The number of nitrogens with one attached hydrogen (secondary N) is 1. The van der Waals surface area contributed by atoms with E-state index in [1.54, 1.807) is 6.08 Å². The Hall–Kier alpha value is -2.40. The van der Waals surface area contributed by atoms with E-state index >= 15 is 0 Å². The van der Waals surface area contributed by atoms with Gasteiger partial charge in [-0.2, -0.15) is 0 Å². The monoisotopic (exact) mass is 415 g/mol. The summed E-state index contributed by atoms with van der Waals surface area (Å²) in [5.74, 6) is -0.858. The molecule has 0 fully saturated rings. The first-order valence-electron chi connectivity index (χ1n) is 8.53. The Morgan fingerprint density at radius 2 is 1.92 bits per heavy atom. The first-order chi connectivity index (χ1) is 12.6. The normalized spacial score (nSPS) is 11.9. The van der Waals surface area contributed by atoms with E-state index in [-0.39, 0.29) is 18.6 Å². The zero-order chi connectivity index (χ0) is 18.8. The van der Waals surface area contributed by atoms with Crippen molar-refractivity contribution in [1.29, 1.82) is 0 Å². The highest BCUT2D eigenvalue weighted by atomic mass is 79.9. The van der Waals surface area contributed by atoms with Crippen LogP contribution in [0.15, 0.2) is 65.1 Å².